The Balaban J connectivity index is 2.02. The molecule has 2 heterocycles. The summed E-state index contributed by atoms with van der Waals surface area (Å²) in [6, 6.07) is 0.316. The van der Waals surface area contributed by atoms with E-state index in [0.29, 0.717) is 12.0 Å². The van der Waals surface area contributed by atoms with Gasteiger partial charge < -0.3 is 9.84 Å². The van der Waals surface area contributed by atoms with Crippen molar-refractivity contribution >= 4 is 0 Å². The molecular weight excluding hydrogens is 190 g/mol. The molecule has 15 heavy (non-hydrogen) atoms. The normalized spacial score (nSPS) is 23.2. The van der Waals surface area contributed by atoms with E-state index in [1.54, 1.807) is 0 Å². The summed E-state index contributed by atoms with van der Waals surface area (Å²) in [6.07, 6.45) is 4.60. The van der Waals surface area contributed by atoms with Gasteiger partial charge in [-0.1, -0.05) is 25.4 Å². The molecule has 1 N–H and O–H groups in total. The van der Waals surface area contributed by atoms with Crippen LogP contribution in [0.1, 0.15) is 63.2 Å². The summed E-state index contributed by atoms with van der Waals surface area (Å²) in [5, 5.41) is 7.43. The van der Waals surface area contributed by atoms with Crippen molar-refractivity contribution in [3.05, 3.63) is 11.7 Å². The van der Waals surface area contributed by atoms with E-state index in [2.05, 4.69) is 29.3 Å². The topological polar surface area (TPSA) is 51.0 Å². The van der Waals surface area contributed by atoms with Crippen LogP contribution in [0.4, 0.5) is 0 Å². The smallest absolute Gasteiger partial charge is 0.229 e. The third kappa shape index (κ3) is 2.37. The Kier molecular flexibility index (Phi) is 3.36. The van der Waals surface area contributed by atoms with Gasteiger partial charge in [0, 0.05) is 5.92 Å². The Morgan fingerprint density at radius 2 is 2.47 bits per heavy atom. The molecular formula is C11H19N3O. The zero-order chi connectivity index (χ0) is 10.7. The van der Waals surface area contributed by atoms with Crippen molar-refractivity contribution in [3.8, 4) is 0 Å². The maximum atomic E-state index is 5.29. The zero-order valence-corrected chi connectivity index (χ0v) is 9.49. The fourth-order valence-corrected chi connectivity index (χ4v) is 2.05. The van der Waals surface area contributed by atoms with E-state index in [4.69, 9.17) is 4.52 Å². The summed E-state index contributed by atoms with van der Waals surface area (Å²) >= 11 is 0. The highest BCUT2D eigenvalue weighted by molar-refractivity contribution is 4.99. The number of nitrogens with one attached hydrogen (secondary N) is 1. The molecule has 0 saturated carbocycles. The standard InChI is InChI=1S/C11H19N3O/c1-3-5-8(2)11-13-10(14-15-11)9-6-4-7-12-9/h8-9,12H,3-7H2,1-2H3. The molecule has 1 aromatic rings. The minimum absolute atomic E-state index is 0.316. The first-order valence-electron chi connectivity index (χ1n) is 5.88. The van der Waals surface area contributed by atoms with Crippen LogP contribution in [0.3, 0.4) is 0 Å². The summed E-state index contributed by atoms with van der Waals surface area (Å²) < 4.78 is 5.29. The number of hydrogen-bond acceptors (Lipinski definition) is 4. The molecule has 1 aliphatic rings. The van der Waals surface area contributed by atoms with Crippen LogP contribution in [0, 0.1) is 0 Å². The van der Waals surface area contributed by atoms with Crippen molar-refractivity contribution in [3.63, 3.8) is 0 Å². The van der Waals surface area contributed by atoms with Gasteiger partial charge in [-0.25, -0.2) is 0 Å². The molecule has 2 unspecified atom stereocenters. The second-order valence-corrected chi connectivity index (χ2v) is 4.33. The maximum absolute atomic E-state index is 5.29. The zero-order valence-electron chi connectivity index (χ0n) is 9.49. The van der Waals surface area contributed by atoms with Gasteiger partial charge in [-0.2, -0.15) is 4.98 Å². The van der Waals surface area contributed by atoms with Crippen LogP contribution in [-0.4, -0.2) is 16.7 Å². The van der Waals surface area contributed by atoms with Crippen molar-refractivity contribution in [2.75, 3.05) is 6.54 Å². The number of nitrogens with zero attached hydrogens (tertiary/aromatic N) is 2. The van der Waals surface area contributed by atoms with Crippen molar-refractivity contribution in [2.24, 2.45) is 0 Å². The Hall–Kier alpha value is -0.900. The molecule has 0 radical (unpaired) electrons. The molecule has 1 saturated heterocycles. The van der Waals surface area contributed by atoms with Crippen LogP contribution >= 0.6 is 0 Å². The Labute approximate surface area is 90.4 Å². The third-order valence-electron chi connectivity index (χ3n) is 2.97. The fraction of sp³-hybridized carbons (Fsp3) is 0.818. The first-order valence-corrected chi connectivity index (χ1v) is 5.88. The lowest BCUT2D eigenvalue weighted by Gasteiger charge is -2.03. The SMILES string of the molecule is CCCC(C)c1nc(C2CCCN2)no1. The van der Waals surface area contributed by atoms with Gasteiger partial charge in [-0.15, -0.1) is 0 Å². The minimum atomic E-state index is 0.316. The van der Waals surface area contributed by atoms with Gasteiger partial charge in [0.15, 0.2) is 5.82 Å². The Bertz CT molecular complexity index is 305. The van der Waals surface area contributed by atoms with Crippen LogP contribution in [0.5, 0.6) is 0 Å². The van der Waals surface area contributed by atoms with E-state index in [0.717, 1.165) is 37.5 Å². The average Bonchev–Trinajstić information content (AvgIpc) is 2.89. The molecule has 0 spiro atoms. The number of hydrogen-bond donors (Lipinski definition) is 1. The van der Waals surface area contributed by atoms with Gasteiger partial charge in [0.25, 0.3) is 0 Å². The molecule has 4 nitrogen and oxygen atoms in total. The molecule has 1 aliphatic heterocycles. The molecule has 0 aliphatic carbocycles. The summed E-state index contributed by atoms with van der Waals surface area (Å²) in [4.78, 5) is 4.47. The first kappa shape index (κ1) is 10.6. The lowest BCUT2D eigenvalue weighted by atomic mass is 10.1. The van der Waals surface area contributed by atoms with E-state index in [1.165, 1.54) is 6.42 Å². The van der Waals surface area contributed by atoms with Gasteiger partial charge in [0.2, 0.25) is 5.89 Å². The maximum Gasteiger partial charge on any atom is 0.229 e. The van der Waals surface area contributed by atoms with Crippen molar-refractivity contribution < 1.29 is 4.52 Å². The van der Waals surface area contributed by atoms with E-state index in [9.17, 15) is 0 Å². The predicted molar refractivity (Wildman–Crippen MR) is 57.6 cm³/mol. The van der Waals surface area contributed by atoms with Crippen LogP contribution in [0.2, 0.25) is 0 Å². The van der Waals surface area contributed by atoms with E-state index < -0.39 is 0 Å². The predicted octanol–water partition coefficient (Wildman–Crippen LogP) is 2.40. The van der Waals surface area contributed by atoms with Crippen molar-refractivity contribution in [1.29, 1.82) is 0 Å². The molecule has 0 amide bonds. The third-order valence-corrected chi connectivity index (χ3v) is 2.97. The number of aromatic nitrogens is 2. The lowest BCUT2D eigenvalue weighted by molar-refractivity contribution is 0.345. The molecule has 0 bridgehead atoms. The summed E-state index contributed by atoms with van der Waals surface area (Å²) in [6.45, 7) is 5.38. The summed E-state index contributed by atoms with van der Waals surface area (Å²) in [5.41, 5.74) is 0. The van der Waals surface area contributed by atoms with Crippen molar-refractivity contribution in [1.82, 2.24) is 15.5 Å². The first-order chi connectivity index (χ1) is 7.31. The molecule has 84 valence electrons. The van der Waals surface area contributed by atoms with Gasteiger partial charge in [0.05, 0.1) is 6.04 Å². The molecule has 2 atom stereocenters. The Morgan fingerprint density at radius 3 is 3.13 bits per heavy atom. The van der Waals surface area contributed by atoms with E-state index >= 15 is 0 Å². The largest absolute Gasteiger partial charge is 0.339 e. The molecule has 1 fully saturated rings. The van der Waals surface area contributed by atoms with Crippen LogP contribution in [-0.2, 0) is 0 Å². The van der Waals surface area contributed by atoms with E-state index in [1.807, 2.05) is 0 Å². The monoisotopic (exact) mass is 209 g/mol. The highest BCUT2D eigenvalue weighted by Gasteiger charge is 2.22. The molecule has 2 rings (SSSR count). The van der Waals surface area contributed by atoms with E-state index in [-0.39, 0.29) is 0 Å². The second-order valence-electron chi connectivity index (χ2n) is 4.33. The number of rotatable bonds is 4. The second kappa shape index (κ2) is 4.75. The molecule has 0 aromatic carbocycles. The van der Waals surface area contributed by atoms with Crippen LogP contribution in [0.15, 0.2) is 4.52 Å². The summed E-state index contributed by atoms with van der Waals surface area (Å²) in [5.74, 6) is 2.02. The lowest BCUT2D eigenvalue weighted by Crippen LogP contribution is -2.14. The highest BCUT2D eigenvalue weighted by Crippen LogP contribution is 2.24. The molecule has 1 aromatic heterocycles. The van der Waals surface area contributed by atoms with Crippen molar-refractivity contribution in [2.45, 2.75) is 51.5 Å². The average molecular weight is 209 g/mol. The highest BCUT2D eigenvalue weighted by atomic mass is 16.5. The van der Waals surface area contributed by atoms with Gasteiger partial charge in [-0.3, -0.25) is 0 Å². The van der Waals surface area contributed by atoms with Crippen LogP contribution in [0.25, 0.3) is 0 Å². The minimum Gasteiger partial charge on any atom is -0.339 e. The quantitative estimate of drug-likeness (QED) is 0.827. The van der Waals surface area contributed by atoms with Gasteiger partial charge in [-0.05, 0) is 25.8 Å². The Morgan fingerprint density at radius 1 is 1.60 bits per heavy atom. The van der Waals surface area contributed by atoms with Crippen LogP contribution < -0.4 is 5.32 Å². The molecule has 4 heteroatoms. The van der Waals surface area contributed by atoms with Gasteiger partial charge >= 0.3 is 0 Å². The fourth-order valence-electron chi connectivity index (χ4n) is 2.05. The van der Waals surface area contributed by atoms with Gasteiger partial charge in [0.1, 0.15) is 0 Å². The summed E-state index contributed by atoms with van der Waals surface area (Å²) in [7, 11) is 0.